The van der Waals surface area contributed by atoms with Crippen molar-refractivity contribution in [2.24, 2.45) is 0 Å². The first kappa shape index (κ1) is 15.2. The number of hydrogen-bond acceptors (Lipinski definition) is 4. The maximum absolute atomic E-state index is 12.6. The van der Waals surface area contributed by atoms with Gasteiger partial charge in [0.15, 0.2) is 6.10 Å². The van der Waals surface area contributed by atoms with E-state index in [0.29, 0.717) is 11.1 Å². The number of furan rings is 1. The van der Waals surface area contributed by atoms with Gasteiger partial charge >= 0.3 is 5.97 Å². The summed E-state index contributed by atoms with van der Waals surface area (Å²) >= 11 is 0. The van der Waals surface area contributed by atoms with Crippen LogP contribution in [0.25, 0.3) is 21.9 Å². The highest BCUT2D eigenvalue weighted by Gasteiger charge is 2.24. The number of para-hydroxylation sites is 2. The molecule has 5 nitrogen and oxygen atoms in total. The lowest BCUT2D eigenvalue weighted by Crippen LogP contribution is -2.24. The van der Waals surface area contributed by atoms with Gasteiger partial charge < -0.3 is 14.1 Å². The van der Waals surface area contributed by atoms with E-state index in [1.807, 2.05) is 42.5 Å². The molecule has 0 bridgehead atoms. The van der Waals surface area contributed by atoms with Crippen LogP contribution in [0.3, 0.4) is 0 Å². The van der Waals surface area contributed by atoms with Crippen LogP contribution in [0.15, 0.2) is 65.2 Å². The number of rotatable bonds is 4. The van der Waals surface area contributed by atoms with E-state index >= 15 is 0 Å². The van der Waals surface area contributed by atoms with Crippen LogP contribution in [0.1, 0.15) is 27.8 Å². The Bertz CT molecular complexity index is 1060. The number of aromatic nitrogens is 1. The monoisotopic (exact) mass is 333 g/mol. The zero-order valence-corrected chi connectivity index (χ0v) is 13.5. The van der Waals surface area contributed by atoms with Gasteiger partial charge in [0.05, 0.1) is 0 Å². The van der Waals surface area contributed by atoms with Crippen molar-refractivity contribution in [1.82, 2.24) is 4.98 Å². The van der Waals surface area contributed by atoms with Gasteiger partial charge in [-0.15, -0.1) is 0 Å². The largest absolute Gasteiger partial charge is 0.449 e. The molecular formula is C20H15NO4. The number of carbonyl (C=O) groups is 2. The number of carbonyl (C=O) groups excluding carboxylic acids is 2. The predicted molar refractivity (Wildman–Crippen MR) is 93.7 cm³/mol. The van der Waals surface area contributed by atoms with Crippen LogP contribution in [-0.2, 0) is 4.74 Å². The van der Waals surface area contributed by atoms with E-state index in [4.69, 9.17) is 9.15 Å². The number of esters is 1. The average molecular weight is 333 g/mol. The van der Waals surface area contributed by atoms with Gasteiger partial charge in [-0.05, 0) is 25.1 Å². The average Bonchev–Trinajstić information content (AvgIpc) is 3.25. The van der Waals surface area contributed by atoms with Gasteiger partial charge in [-0.2, -0.15) is 0 Å². The Balaban J connectivity index is 1.55. The van der Waals surface area contributed by atoms with Crippen LogP contribution in [0.5, 0.6) is 0 Å². The number of benzene rings is 2. The van der Waals surface area contributed by atoms with Crippen LogP contribution in [0, 0.1) is 0 Å². The third kappa shape index (κ3) is 2.70. The lowest BCUT2D eigenvalue weighted by Gasteiger charge is -2.10. The molecule has 0 spiro atoms. The second-order valence-corrected chi connectivity index (χ2v) is 5.81. The van der Waals surface area contributed by atoms with Crippen LogP contribution >= 0.6 is 0 Å². The molecule has 4 rings (SSSR count). The molecule has 0 unspecified atom stereocenters. The van der Waals surface area contributed by atoms with E-state index in [-0.39, 0.29) is 11.5 Å². The smallest absolute Gasteiger partial charge is 0.374 e. The minimum absolute atomic E-state index is 0.0831. The first-order valence-corrected chi connectivity index (χ1v) is 7.93. The maximum Gasteiger partial charge on any atom is 0.374 e. The highest BCUT2D eigenvalue weighted by Crippen LogP contribution is 2.22. The molecule has 0 fully saturated rings. The number of fused-ring (bicyclic) bond motifs is 2. The van der Waals surface area contributed by atoms with E-state index in [2.05, 4.69) is 4.98 Å². The van der Waals surface area contributed by atoms with Gasteiger partial charge in [0, 0.05) is 28.0 Å². The summed E-state index contributed by atoms with van der Waals surface area (Å²) in [5.74, 6) is -0.835. The molecular weight excluding hydrogens is 318 g/mol. The molecule has 1 atom stereocenters. The van der Waals surface area contributed by atoms with Crippen LogP contribution in [0.2, 0.25) is 0 Å². The number of aromatic amines is 1. The zero-order chi connectivity index (χ0) is 17.4. The molecule has 5 heteroatoms. The van der Waals surface area contributed by atoms with Crippen LogP contribution < -0.4 is 0 Å². The van der Waals surface area contributed by atoms with Crippen molar-refractivity contribution in [2.75, 3.05) is 0 Å². The summed E-state index contributed by atoms with van der Waals surface area (Å²) in [6.07, 6.45) is 0.721. The van der Waals surface area contributed by atoms with Crippen molar-refractivity contribution >= 4 is 33.6 Å². The number of ether oxygens (including phenoxy) is 1. The Morgan fingerprint density at radius 3 is 2.68 bits per heavy atom. The summed E-state index contributed by atoms with van der Waals surface area (Å²) in [5, 5.41) is 1.61. The number of ketones is 1. The highest BCUT2D eigenvalue weighted by molar-refractivity contribution is 6.10. The van der Waals surface area contributed by atoms with Crippen molar-refractivity contribution < 1.29 is 18.7 Å². The molecule has 0 aliphatic heterocycles. The fourth-order valence-corrected chi connectivity index (χ4v) is 2.85. The van der Waals surface area contributed by atoms with Gasteiger partial charge in [-0.3, -0.25) is 4.79 Å². The number of nitrogens with one attached hydrogen (secondary N) is 1. The van der Waals surface area contributed by atoms with E-state index in [1.54, 1.807) is 25.3 Å². The maximum atomic E-state index is 12.6. The Kier molecular flexibility index (Phi) is 3.61. The molecule has 0 radical (unpaired) electrons. The van der Waals surface area contributed by atoms with Gasteiger partial charge in [-0.1, -0.05) is 36.4 Å². The zero-order valence-electron chi connectivity index (χ0n) is 13.5. The first-order chi connectivity index (χ1) is 12.1. The molecule has 0 saturated heterocycles. The summed E-state index contributed by atoms with van der Waals surface area (Å²) in [4.78, 5) is 28.0. The lowest BCUT2D eigenvalue weighted by molar-refractivity contribution is 0.0292. The molecule has 4 aromatic rings. The first-order valence-electron chi connectivity index (χ1n) is 7.93. The summed E-state index contributed by atoms with van der Waals surface area (Å²) in [6, 6.07) is 16.4. The fraction of sp³-hybridized carbons (Fsp3) is 0.100. The predicted octanol–water partition coefficient (Wildman–Crippen LogP) is 4.34. The lowest BCUT2D eigenvalue weighted by atomic mass is 10.1. The molecule has 2 aromatic carbocycles. The number of Topliss-reactive ketones (excluding diaryl/α,β-unsaturated/α-hetero) is 1. The van der Waals surface area contributed by atoms with Crippen molar-refractivity contribution in [3.63, 3.8) is 0 Å². The van der Waals surface area contributed by atoms with Gasteiger partial charge in [0.25, 0.3) is 0 Å². The van der Waals surface area contributed by atoms with Crippen LogP contribution in [0.4, 0.5) is 0 Å². The van der Waals surface area contributed by atoms with E-state index in [9.17, 15) is 9.59 Å². The number of hydrogen-bond donors (Lipinski definition) is 1. The summed E-state index contributed by atoms with van der Waals surface area (Å²) < 4.78 is 10.8. The molecule has 2 heterocycles. The van der Waals surface area contributed by atoms with Gasteiger partial charge in [0.2, 0.25) is 11.5 Å². The summed E-state index contributed by atoms with van der Waals surface area (Å²) in [7, 11) is 0. The second-order valence-electron chi connectivity index (χ2n) is 5.81. The second kappa shape index (κ2) is 5.94. The third-order valence-corrected chi connectivity index (χ3v) is 4.13. The van der Waals surface area contributed by atoms with Crippen molar-refractivity contribution in [1.29, 1.82) is 0 Å². The van der Waals surface area contributed by atoms with Crippen LogP contribution in [-0.4, -0.2) is 22.8 Å². The van der Waals surface area contributed by atoms with Crippen molar-refractivity contribution in [2.45, 2.75) is 13.0 Å². The standard InChI is InChI=1S/C20H15NO4/c1-12(19(22)15-11-21-16-8-4-3-7-14(15)16)24-20(23)18-10-13-6-2-5-9-17(13)25-18/h2-12,21H,1H3/t12-/m0/s1. The Morgan fingerprint density at radius 2 is 1.84 bits per heavy atom. The Hall–Kier alpha value is -3.34. The summed E-state index contributed by atoms with van der Waals surface area (Å²) in [5.41, 5.74) is 1.97. The quantitative estimate of drug-likeness (QED) is 0.445. The van der Waals surface area contributed by atoms with E-state index < -0.39 is 12.1 Å². The van der Waals surface area contributed by atoms with Gasteiger partial charge in [0.1, 0.15) is 5.58 Å². The molecule has 124 valence electrons. The normalized spacial score (nSPS) is 12.4. The Morgan fingerprint density at radius 1 is 1.08 bits per heavy atom. The summed E-state index contributed by atoms with van der Waals surface area (Å²) in [6.45, 7) is 1.56. The van der Waals surface area contributed by atoms with E-state index in [1.165, 1.54) is 0 Å². The Labute approximate surface area is 143 Å². The fourth-order valence-electron chi connectivity index (χ4n) is 2.85. The molecule has 0 amide bonds. The topological polar surface area (TPSA) is 72.3 Å². The number of H-pyrrole nitrogens is 1. The van der Waals surface area contributed by atoms with Gasteiger partial charge in [-0.25, -0.2) is 4.79 Å². The molecule has 2 aromatic heterocycles. The minimum atomic E-state index is -0.917. The van der Waals surface area contributed by atoms with Crippen molar-refractivity contribution in [3.8, 4) is 0 Å². The molecule has 0 aliphatic rings. The van der Waals surface area contributed by atoms with E-state index in [0.717, 1.165) is 16.3 Å². The molecule has 0 aliphatic carbocycles. The minimum Gasteiger partial charge on any atom is -0.449 e. The van der Waals surface area contributed by atoms with Crippen molar-refractivity contribution in [3.05, 3.63) is 72.1 Å². The molecule has 25 heavy (non-hydrogen) atoms. The molecule has 0 saturated carbocycles. The highest BCUT2D eigenvalue weighted by atomic mass is 16.6. The SMILES string of the molecule is C[C@H](OC(=O)c1cc2ccccc2o1)C(=O)c1c[nH]c2ccccc12. The third-order valence-electron chi connectivity index (χ3n) is 4.13. The molecule has 1 N–H and O–H groups in total.